The molecule has 0 aromatic heterocycles. The van der Waals surface area contributed by atoms with Crippen LogP contribution in [0.3, 0.4) is 0 Å². The van der Waals surface area contributed by atoms with Crippen LogP contribution in [0.2, 0.25) is 0 Å². The van der Waals surface area contributed by atoms with Crippen molar-refractivity contribution in [3.05, 3.63) is 127 Å². The van der Waals surface area contributed by atoms with Gasteiger partial charge in [-0.3, -0.25) is 0 Å². The summed E-state index contributed by atoms with van der Waals surface area (Å²) in [6.45, 7) is 18.3. The van der Waals surface area contributed by atoms with Crippen LogP contribution in [0.5, 0.6) is 0 Å². The Morgan fingerprint density at radius 3 is 0.761 bits per heavy atom. The molecule has 0 aliphatic heterocycles. The van der Waals surface area contributed by atoms with E-state index in [1.54, 1.807) is 72.8 Å². The second-order valence-electron chi connectivity index (χ2n) is 10.1. The minimum Gasteiger partial charge on any atom is -0.331 e. The van der Waals surface area contributed by atoms with Gasteiger partial charge in [-0.1, -0.05) is 54.6 Å². The topological polar surface area (TPSA) is 102 Å². The maximum atomic E-state index is 11.2. The maximum Gasteiger partial charge on any atom is 2.00 e. The molecule has 0 heterocycles. The minimum atomic E-state index is -0.233. The molecule has 0 atom stereocenters. The van der Waals surface area contributed by atoms with Crippen LogP contribution in [0.1, 0.15) is 79.5 Å². The van der Waals surface area contributed by atoms with Gasteiger partial charge in [0.15, 0.2) is 0 Å². The van der Waals surface area contributed by atoms with Gasteiger partial charge in [0.05, 0.1) is 43.5 Å². The SMILES string of the molecule is CC(=O)[CH-]C(=O)c1ccccc1.CC(=O)[CH-]C(=O)c1ccccc1.CC(=O)[CH-]C(=O)c1ccccc1.CC[N+](CC)(CC)CC.[Ni+2]. The standard InChI is InChI=1S/3C10H9O2.C8H20N.Ni/c3*1-8(11)7-10(12)9-5-3-2-4-6-9;1-5-9(6-2,7-3)8-4;/h3*2-7H,1H3;5-8H2,1-4H3;/q3*-1;+1;+2. The van der Waals surface area contributed by atoms with E-state index in [0.717, 1.165) is 19.3 Å². The van der Waals surface area contributed by atoms with Crippen LogP contribution in [-0.2, 0) is 30.9 Å². The normalized spacial score (nSPS) is 9.46. The van der Waals surface area contributed by atoms with E-state index in [2.05, 4.69) is 27.7 Å². The number of rotatable bonds is 13. The molecule has 3 rings (SSSR count). The van der Waals surface area contributed by atoms with E-state index in [9.17, 15) is 28.8 Å². The summed E-state index contributed by atoms with van der Waals surface area (Å²) in [6, 6.07) is 26.2. The number of benzene rings is 3. The molecule has 8 heteroatoms. The molecule has 0 bridgehead atoms. The summed E-state index contributed by atoms with van der Waals surface area (Å²) in [5, 5.41) is 0. The van der Waals surface area contributed by atoms with Crippen molar-refractivity contribution >= 4 is 34.7 Å². The van der Waals surface area contributed by atoms with Crippen molar-refractivity contribution in [2.45, 2.75) is 48.5 Å². The molecule has 0 spiro atoms. The van der Waals surface area contributed by atoms with E-state index >= 15 is 0 Å². The fourth-order valence-corrected chi connectivity index (χ4v) is 3.95. The van der Waals surface area contributed by atoms with Gasteiger partial charge in [-0.2, -0.15) is 0 Å². The van der Waals surface area contributed by atoms with Crippen molar-refractivity contribution in [3.8, 4) is 0 Å². The zero-order valence-corrected chi connectivity index (χ0v) is 28.9. The molecular weight excluding hydrogens is 625 g/mol. The van der Waals surface area contributed by atoms with Crippen LogP contribution >= 0.6 is 0 Å². The first-order chi connectivity index (χ1) is 21.3. The number of carbonyl (C=O) groups excluding carboxylic acids is 6. The molecule has 0 radical (unpaired) electrons. The minimum absolute atomic E-state index is 0. The zero-order valence-electron chi connectivity index (χ0n) is 27.9. The van der Waals surface area contributed by atoms with E-state index in [1.165, 1.54) is 51.4 Å². The maximum absolute atomic E-state index is 11.2. The van der Waals surface area contributed by atoms with Crippen LogP contribution in [0, 0.1) is 19.3 Å². The summed E-state index contributed by atoms with van der Waals surface area (Å²) >= 11 is 0. The number of quaternary nitrogens is 1. The fourth-order valence-electron chi connectivity index (χ4n) is 3.95. The van der Waals surface area contributed by atoms with Gasteiger partial charge in [0.25, 0.3) is 0 Å². The molecule has 46 heavy (non-hydrogen) atoms. The molecule has 0 fully saturated rings. The quantitative estimate of drug-likeness (QED) is 0.0646. The van der Waals surface area contributed by atoms with Gasteiger partial charge in [0, 0.05) is 17.3 Å². The molecule has 0 amide bonds. The summed E-state index contributed by atoms with van der Waals surface area (Å²) in [6.07, 6.45) is 3.28. The number of nitrogens with zero attached hydrogens (tertiary/aromatic N) is 1. The Bertz CT molecular complexity index is 1170. The van der Waals surface area contributed by atoms with Crippen LogP contribution < -0.4 is 0 Å². The smallest absolute Gasteiger partial charge is 0.331 e. The van der Waals surface area contributed by atoms with E-state index in [-0.39, 0.29) is 51.2 Å². The van der Waals surface area contributed by atoms with Gasteiger partial charge in [0.1, 0.15) is 0 Å². The Labute approximate surface area is 285 Å². The predicted octanol–water partition coefficient (Wildman–Crippen LogP) is 6.87. The average Bonchev–Trinajstić information content (AvgIpc) is 3.04. The van der Waals surface area contributed by atoms with Crippen molar-refractivity contribution in [2.75, 3.05) is 26.2 Å². The molecule has 250 valence electrons. The summed E-state index contributed by atoms with van der Waals surface area (Å²) < 4.78 is 1.28. The third kappa shape index (κ3) is 19.2. The van der Waals surface area contributed by atoms with Crippen molar-refractivity contribution in [1.82, 2.24) is 0 Å². The summed E-state index contributed by atoms with van der Waals surface area (Å²) in [4.78, 5) is 65.2. The fraction of sp³-hybridized carbons (Fsp3) is 0.289. The zero-order chi connectivity index (χ0) is 34.3. The van der Waals surface area contributed by atoms with Crippen LogP contribution in [0.4, 0.5) is 0 Å². The van der Waals surface area contributed by atoms with E-state index in [0.29, 0.717) is 16.7 Å². The summed E-state index contributed by atoms with van der Waals surface area (Å²) in [5.74, 6) is -1.36. The first-order valence-corrected chi connectivity index (χ1v) is 15.0. The Kier molecular flexibility index (Phi) is 23.8. The molecule has 0 saturated heterocycles. The second-order valence-corrected chi connectivity index (χ2v) is 10.1. The average molecular weight is 672 g/mol. The van der Waals surface area contributed by atoms with Crippen LogP contribution in [-0.4, -0.2) is 65.4 Å². The number of Topliss-reactive ketones (excluding diaryl/α,β-unsaturated/α-hetero) is 6. The Balaban J connectivity index is 0. The molecule has 0 saturated carbocycles. The Hall–Kier alpha value is -4.26. The third-order valence-electron chi connectivity index (χ3n) is 6.86. The molecule has 0 aliphatic carbocycles. The molecule has 0 aliphatic rings. The van der Waals surface area contributed by atoms with E-state index in [4.69, 9.17) is 0 Å². The third-order valence-corrected chi connectivity index (χ3v) is 6.86. The molecule has 3 aromatic carbocycles. The molecule has 0 N–H and O–H groups in total. The van der Waals surface area contributed by atoms with Crippen molar-refractivity contribution in [2.24, 2.45) is 0 Å². The molecule has 3 aromatic rings. The first-order valence-electron chi connectivity index (χ1n) is 15.0. The largest absolute Gasteiger partial charge is 2.00 e. The molecule has 7 nitrogen and oxygen atoms in total. The number of carbonyl (C=O) groups is 6. The van der Waals surface area contributed by atoms with E-state index < -0.39 is 0 Å². The van der Waals surface area contributed by atoms with Gasteiger partial charge in [-0.05, 0) is 48.5 Å². The molecule has 0 unspecified atom stereocenters. The van der Waals surface area contributed by atoms with E-state index in [1.807, 2.05) is 18.2 Å². The van der Waals surface area contributed by atoms with Crippen LogP contribution in [0.15, 0.2) is 91.0 Å². The monoisotopic (exact) mass is 671 g/mol. The van der Waals surface area contributed by atoms with Gasteiger partial charge in [0.2, 0.25) is 0 Å². The summed E-state index contributed by atoms with van der Waals surface area (Å²) in [5.41, 5.74) is 1.65. The van der Waals surface area contributed by atoms with Crippen LogP contribution in [0.25, 0.3) is 0 Å². The second kappa shape index (κ2) is 25.0. The van der Waals surface area contributed by atoms with Crippen molar-refractivity contribution in [3.63, 3.8) is 0 Å². The van der Waals surface area contributed by atoms with Crippen molar-refractivity contribution in [1.29, 1.82) is 0 Å². The van der Waals surface area contributed by atoms with Gasteiger partial charge in [-0.15, -0.1) is 72.4 Å². The Morgan fingerprint density at radius 1 is 0.435 bits per heavy atom. The van der Waals surface area contributed by atoms with Crippen molar-refractivity contribution < 1.29 is 49.7 Å². The van der Waals surface area contributed by atoms with Gasteiger partial charge >= 0.3 is 16.5 Å². The first kappa shape index (κ1) is 43.9. The Morgan fingerprint density at radius 2 is 0.630 bits per heavy atom. The number of ketones is 6. The van der Waals surface area contributed by atoms with Gasteiger partial charge < -0.3 is 33.3 Å². The predicted molar refractivity (Wildman–Crippen MR) is 180 cm³/mol. The number of hydrogen-bond acceptors (Lipinski definition) is 6. The molecular formula is C38H47NNiO6. The summed E-state index contributed by atoms with van der Waals surface area (Å²) in [7, 11) is 0. The number of hydrogen-bond donors (Lipinski definition) is 0. The van der Waals surface area contributed by atoms with Gasteiger partial charge in [-0.25, -0.2) is 0 Å².